The van der Waals surface area contributed by atoms with E-state index in [0.29, 0.717) is 18.0 Å². The molecule has 1 aromatic heterocycles. The fourth-order valence-corrected chi connectivity index (χ4v) is 4.90. The summed E-state index contributed by atoms with van der Waals surface area (Å²) in [6.07, 6.45) is 8.83. The number of nitrogens with zero attached hydrogens (tertiary/aromatic N) is 5. The van der Waals surface area contributed by atoms with Crippen LogP contribution in [0.25, 0.3) is 0 Å². The Morgan fingerprint density at radius 1 is 1.23 bits per heavy atom. The van der Waals surface area contributed by atoms with Crippen LogP contribution in [-0.4, -0.2) is 71.6 Å². The highest BCUT2D eigenvalue weighted by molar-refractivity contribution is 14.0. The van der Waals surface area contributed by atoms with Crippen molar-refractivity contribution >= 4 is 29.9 Å². The smallest absolute Gasteiger partial charge is 0.191 e. The first-order valence-corrected chi connectivity index (χ1v) is 11.7. The molecule has 2 aliphatic rings. The largest absolute Gasteiger partial charge is 0.385 e. The first kappa shape index (κ1) is 26.3. The van der Waals surface area contributed by atoms with Gasteiger partial charge in [0.1, 0.15) is 12.4 Å². The molecule has 0 radical (unpaired) electrons. The monoisotopic (exact) mass is 547 g/mol. The van der Waals surface area contributed by atoms with Gasteiger partial charge in [-0.05, 0) is 57.5 Å². The molecule has 1 aliphatic carbocycles. The second kappa shape index (κ2) is 12.9. The Labute approximate surface area is 205 Å². The lowest BCUT2D eigenvalue weighted by atomic mass is 9.83. The number of aromatic nitrogens is 3. The molecule has 31 heavy (non-hydrogen) atoms. The number of hydrogen-bond acceptors (Lipinski definition) is 5. The van der Waals surface area contributed by atoms with Crippen LogP contribution in [0.15, 0.2) is 4.99 Å². The van der Waals surface area contributed by atoms with Crippen LogP contribution in [0.5, 0.6) is 0 Å². The Kier molecular flexibility index (Phi) is 11.0. The van der Waals surface area contributed by atoms with Crippen LogP contribution in [0.2, 0.25) is 0 Å². The molecule has 1 atom stereocenters. The lowest BCUT2D eigenvalue weighted by Gasteiger charge is -2.30. The van der Waals surface area contributed by atoms with Crippen LogP contribution in [0, 0.1) is 12.3 Å². The van der Waals surface area contributed by atoms with Crippen molar-refractivity contribution in [2.75, 3.05) is 39.9 Å². The number of halogens is 1. The summed E-state index contributed by atoms with van der Waals surface area (Å²) in [4.78, 5) is 7.44. The third-order valence-corrected chi connectivity index (χ3v) is 7.10. The van der Waals surface area contributed by atoms with Gasteiger partial charge in [-0.2, -0.15) is 0 Å². The molecule has 178 valence electrons. The van der Waals surface area contributed by atoms with Crippen LogP contribution < -0.4 is 10.6 Å². The van der Waals surface area contributed by atoms with Crippen LogP contribution in [0.3, 0.4) is 0 Å². The van der Waals surface area contributed by atoms with Crippen molar-refractivity contribution in [3.8, 4) is 0 Å². The van der Waals surface area contributed by atoms with Crippen molar-refractivity contribution < 1.29 is 4.74 Å². The van der Waals surface area contributed by atoms with Crippen molar-refractivity contribution in [1.82, 2.24) is 30.3 Å². The SMILES string of the molecule is CCN1CCCC1CNC(=NCc1nnc(C)n1C)NCC1(CCOC)CCCC1.I. The van der Waals surface area contributed by atoms with Gasteiger partial charge in [-0.3, -0.25) is 4.90 Å². The third-order valence-electron chi connectivity index (χ3n) is 7.10. The summed E-state index contributed by atoms with van der Waals surface area (Å²) in [5.41, 5.74) is 0.322. The number of likely N-dealkylation sites (tertiary alicyclic amines) is 1. The molecular formula is C22H42IN7O. The average Bonchev–Trinajstić information content (AvgIpc) is 3.48. The molecule has 0 spiro atoms. The Morgan fingerprint density at radius 3 is 2.65 bits per heavy atom. The molecule has 1 unspecified atom stereocenters. The highest BCUT2D eigenvalue weighted by atomic mass is 127. The standard InChI is InChI=1S/C22H41N7O.HI/c1-5-29-13-8-9-19(29)15-23-21(24-16-20-27-26-18(2)28(20)3)25-17-22(12-14-30-4)10-6-7-11-22;/h19H,5-17H2,1-4H3,(H2,23,24,25);1H. The topological polar surface area (TPSA) is 79.6 Å². The summed E-state index contributed by atoms with van der Waals surface area (Å²) in [5, 5.41) is 15.7. The van der Waals surface area contributed by atoms with E-state index in [0.717, 1.165) is 50.3 Å². The Hall–Kier alpha value is -0.940. The van der Waals surface area contributed by atoms with E-state index in [1.165, 1.54) is 45.1 Å². The van der Waals surface area contributed by atoms with E-state index in [1.807, 2.05) is 18.5 Å². The van der Waals surface area contributed by atoms with E-state index in [1.54, 1.807) is 7.11 Å². The zero-order valence-corrected chi connectivity index (χ0v) is 22.2. The van der Waals surface area contributed by atoms with E-state index < -0.39 is 0 Å². The molecule has 1 aliphatic heterocycles. The number of likely N-dealkylation sites (N-methyl/N-ethyl adjacent to an activating group) is 1. The predicted octanol–water partition coefficient (Wildman–Crippen LogP) is 2.86. The molecule has 9 heteroatoms. The number of aryl methyl sites for hydroxylation is 1. The maximum atomic E-state index is 5.40. The van der Waals surface area contributed by atoms with Gasteiger partial charge >= 0.3 is 0 Å². The Morgan fingerprint density at radius 2 is 2.00 bits per heavy atom. The van der Waals surface area contributed by atoms with Crippen LogP contribution in [-0.2, 0) is 18.3 Å². The minimum atomic E-state index is 0. The average molecular weight is 548 g/mol. The van der Waals surface area contributed by atoms with Gasteiger partial charge in [-0.1, -0.05) is 19.8 Å². The molecule has 8 nitrogen and oxygen atoms in total. The number of hydrogen-bond donors (Lipinski definition) is 2. The molecule has 2 N–H and O–H groups in total. The lowest BCUT2D eigenvalue weighted by molar-refractivity contribution is 0.138. The van der Waals surface area contributed by atoms with Gasteiger partial charge in [0.2, 0.25) is 0 Å². The normalized spacial score (nSPS) is 21.3. The van der Waals surface area contributed by atoms with Crippen molar-refractivity contribution in [3.05, 3.63) is 11.6 Å². The maximum absolute atomic E-state index is 5.40. The van der Waals surface area contributed by atoms with Gasteiger partial charge in [-0.15, -0.1) is 34.2 Å². The number of nitrogens with one attached hydrogen (secondary N) is 2. The fraction of sp³-hybridized carbons (Fsp3) is 0.864. The number of ether oxygens (including phenoxy) is 1. The van der Waals surface area contributed by atoms with E-state index in [2.05, 4.69) is 32.7 Å². The highest BCUT2D eigenvalue weighted by Crippen LogP contribution is 2.40. The van der Waals surface area contributed by atoms with Gasteiger partial charge in [0.15, 0.2) is 11.8 Å². The first-order chi connectivity index (χ1) is 14.6. The highest BCUT2D eigenvalue weighted by Gasteiger charge is 2.33. The van der Waals surface area contributed by atoms with Crippen LogP contribution >= 0.6 is 24.0 Å². The van der Waals surface area contributed by atoms with Gasteiger partial charge in [0.05, 0.1) is 0 Å². The summed E-state index contributed by atoms with van der Waals surface area (Å²) in [6.45, 7) is 9.78. The maximum Gasteiger partial charge on any atom is 0.191 e. The summed E-state index contributed by atoms with van der Waals surface area (Å²) in [6, 6.07) is 0.591. The van der Waals surface area contributed by atoms with E-state index in [9.17, 15) is 0 Å². The third kappa shape index (κ3) is 7.28. The van der Waals surface area contributed by atoms with E-state index in [4.69, 9.17) is 9.73 Å². The van der Waals surface area contributed by atoms with Gasteiger partial charge < -0.3 is 19.9 Å². The van der Waals surface area contributed by atoms with Crippen LogP contribution in [0.1, 0.15) is 63.5 Å². The summed E-state index contributed by atoms with van der Waals surface area (Å²) < 4.78 is 7.41. The minimum absolute atomic E-state index is 0. The van der Waals surface area contributed by atoms with E-state index in [-0.39, 0.29) is 24.0 Å². The molecule has 1 aromatic rings. The van der Waals surface area contributed by atoms with Crippen molar-refractivity contribution in [2.24, 2.45) is 17.5 Å². The van der Waals surface area contributed by atoms with Gasteiger partial charge in [0.25, 0.3) is 0 Å². The molecule has 1 saturated carbocycles. The number of methoxy groups -OCH3 is 1. The van der Waals surface area contributed by atoms with Gasteiger partial charge in [0, 0.05) is 39.9 Å². The molecule has 0 aromatic carbocycles. The molecule has 2 fully saturated rings. The van der Waals surface area contributed by atoms with Crippen molar-refractivity contribution in [2.45, 2.75) is 71.4 Å². The van der Waals surface area contributed by atoms with Crippen molar-refractivity contribution in [1.29, 1.82) is 0 Å². The number of aliphatic imine (C=N–C) groups is 1. The number of guanidine groups is 1. The molecule has 3 rings (SSSR count). The quantitative estimate of drug-likeness (QED) is 0.267. The van der Waals surface area contributed by atoms with Crippen molar-refractivity contribution in [3.63, 3.8) is 0 Å². The van der Waals surface area contributed by atoms with Crippen LogP contribution in [0.4, 0.5) is 0 Å². The first-order valence-electron chi connectivity index (χ1n) is 11.7. The molecule has 2 heterocycles. The summed E-state index contributed by atoms with van der Waals surface area (Å²) in [5.74, 6) is 2.69. The molecule has 0 amide bonds. The molecular weight excluding hydrogens is 505 g/mol. The fourth-order valence-electron chi connectivity index (χ4n) is 4.90. The Balaban J connectivity index is 0.00000341. The zero-order valence-electron chi connectivity index (χ0n) is 19.8. The number of rotatable bonds is 10. The predicted molar refractivity (Wildman–Crippen MR) is 136 cm³/mol. The summed E-state index contributed by atoms with van der Waals surface area (Å²) in [7, 11) is 3.80. The lowest BCUT2D eigenvalue weighted by Crippen LogP contribution is -2.47. The molecule has 1 saturated heterocycles. The van der Waals surface area contributed by atoms with E-state index >= 15 is 0 Å². The second-order valence-electron chi connectivity index (χ2n) is 9.00. The Bertz CT molecular complexity index is 687. The molecule has 0 bridgehead atoms. The summed E-state index contributed by atoms with van der Waals surface area (Å²) >= 11 is 0. The zero-order chi connectivity index (χ0) is 21.4. The second-order valence-corrected chi connectivity index (χ2v) is 9.00. The minimum Gasteiger partial charge on any atom is -0.385 e. The van der Waals surface area contributed by atoms with Gasteiger partial charge in [-0.25, -0.2) is 4.99 Å².